The Hall–Kier alpha value is -0.460. The van der Waals surface area contributed by atoms with Crippen LogP contribution in [-0.4, -0.2) is 0 Å². The fraction of sp³-hybridized carbons (Fsp3) is 0.143. The second kappa shape index (κ2) is 6.54. The molecule has 1 radical (unpaired) electrons. The zero-order valence-corrected chi connectivity index (χ0v) is 14.0. The highest BCUT2D eigenvalue weighted by molar-refractivity contribution is 9.11. The molecule has 6 heteroatoms. The van der Waals surface area contributed by atoms with E-state index in [2.05, 4.69) is 37.9 Å². The Morgan fingerprint density at radius 1 is 1.00 bits per heavy atom. The van der Waals surface area contributed by atoms with Crippen molar-refractivity contribution in [2.75, 3.05) is 0 Å². The highest BCUT2D eigenvalue weighted by Gasteiger charge is 2.29. The molecule has 0 aliphatic carbocycles. The van der Waals surface area contributed by atoms with Gasteiger partial charge in [-0.2, -0.15) is 13.2 Å². The van der Waals surface area contributed by atoms with Gasteiger partial charge in [0.25, 0.3) is 0 Å². The van der Waals surface area contributed by atoms with Crippen molar-refractivity contribution in [2.45, 2.75) is 16.8 Å². The monoisotopic (exact) mass is 423 g/mol. The maximum absolute atomic E-state index is 12.4. The minimum Gasteiger partial charge on any atom is -0.166 e. The molecule has 0 saturated carbocycles. The van der Waals surface area contributed by atoms with Crippen LogP contribution in [0.3, 0.4) is 0 Å². The Labute approximate surface area is 136 Å². The number of rotatable bonds is 3. The van der Waals surface area contributed by atoms with E-state index in [-0.39, 0.29) is 0 Å². The van der Waals surface area contributed by atoms with Gasteiger partial charge in [0.2, 0.25) is 0 Å². The van der Waals surface area contributed by atoms with E-state index in [0.29, 0.717) is 5.75 Å². The molecule has 0 N–H and O–H groups in total. The summed E-state index contributed by atoms with van der Waals surface area (Å²) < 4.78 is 39.0. The number of thioether (sulfide) groups is 1. The van der Waals surface area contributed by atoms with Crippen molar-refractivity contribution in [3.8, 4) is 0 Å². The molecule has 2 aromatic carbocycles. The van der Waals surface area contributed by atoms with Gasteiger partial charge in [-0.05, 0) is 29.8 Å². The van der Waals surface area contributed by atoms with Crippen LogP contribution in [-0.2, 0) is 11.9 Å². The van der Waals surface area contributed by atoms with Crippen molar-refractivity contribution in [3.05, 3.63) is 62.5 Å². The van der Waals surface area contributed by atoms with Crippen molar-refractivity contribution < 1.29 is 13.2 Å². The molecule has 0 unspecified atom stereocenters. The summed E-state index contributed by atoms with van der Waals surface area (Å²) in [6.45, 7) is 0. The van der Waals surface area contributed by atoms with Gasteiger partial charge in [0, 0.05) is 25.7 Å². The van der Waals surface area contributed by atoms with E-state index in [1.807, 2.05) is 12.1 Å². The molecule has 0 aromatic heterocycles. The molecule has 0 saturated heterocycles. The van der Waals surface area contributed by atoms with Crippen LogP contribution in [0.2, 0.25) is 0 Å². The van der Waals surface area contributed by atoms with Gasteiger partial charge in [-0.15, -0.1) is 11.8 Å². The summed E-state index contributed by atoms with van der Waals surface area (Å²) in [5.41, 5.74) is 0.231. The van der Waals surface area contributed by atoms with Crippen molar-refractivity contribution >= 4 is 43.6 Å². The van der Waals surface area contributed by atoms with E-state index in [0.717, 1.165) is 31.5 Å². The van der Waals surface area contributed by atoms with Gasteiger partial charge in [0.1, 0.15) is 0 Å². The van der Waals surface area contributed by atoms with Crippen LogP contribution in [0.25, 0.3) is 0 Å². The lowest BCUT2D eigenvalue weighted by Crippen LogP contribution is -2.04. The predicted molar refractivity (Wildman–Crippen MR) is 81.7 cm³/mol. The molecule has 2 rings (SSSR count). The van der Waals surface area contributed by atoms with E-state index >= 15 is 0 Å². The maximum atomic E-state index is 12.4. The third-order valence-electron chi connectivity index (χ3n) is 2.46. The van der Waals surface area contributed by atoms with E-state index in [1.165, 1.54) is 12.1 Å². The number of halogens is 5. The average molecular weight is 425 g/mol. The third kappa shape index (κ3) is 4.53. The first kappa shape index (κ1) is 15.9. The minimum absolute atomic E-state index is 0.612. The van der Waals surface area contributed by atoms with Crippen molar-refractivity contribution in [1.82, 2.24) is 0 Å². The van der Waals surface area contributed by atoms with Gasteiger partial charge in [-0.3, -0.25) is 0 Å². The predicted octanol–water partition coefficient (Wildman–Crippen LogP) is 6.32. The second-order valence-corrected chi connectivity index (χ2v) is 6.75. The van der Waals surface area contributed by atoms with Crippen LogP contribution in [0.5, 0.6) is 0 Å². The first-order chi connectivity index (χ1) is 9.34. The molecule has 0 nitrogen and oxygen atoms in total. The Bertz CT molecular complexity index is 574. The Balaban J connectivity index is 2.04. The summed E-state index contributed by atoms with van der Waals surface area (Å²) in [5.74, 6) is 0.612. The average Bonchev–Trinajstić information content (AvgIpc) is 2.35. The van der Waals surface area contributed by atoms with E-state index < -0.39 is 11.7 Å². The number of alkyl halides is 3. The Morgan fingerprint density at radius 3 is 2.05 bits per heavy atom. The van der Waals surface area contributed by atoms with Crippen molar-refractivity contribution in [3.63, 3.8) is 0 Å². The zero-order chi connectivity index (χ0) is 14.8. The molecule has 0 fully saturated rings. The molecule has 105 valence electrons. The molecule has 0 aliphatic heterocycles. The number of hydrogen-bond donors (Lipinski definition) is 0. The molecule has 0 bridgehead atoms. The first-order valence-electron chi connectivity index (χ1n) is 5.52. The van der Waals surface area contributed by atoms with Gasteiger partial charge in [0.15, 0.2) is 0 Å². The molecular formula is C14H8Br2F3S. The minimum atomic E-state index is -4.28. The molecule has 0 spiro atoms. The van der Waals surface area contributed by atoms with Crippen molar-refractivity contribution in [1.29, 1.82) is 0 Å². The third-order valence-corrected chi connectivity index (χ3v) is 4.36. The fourth-order valence-electron chi connectivity index (χ4n) is 1.52. The van der Waals surface area contributed by atoms with Crippen molar-refractivity contribution in [2.24, 2.45) is 0 Å². The molecule has 2 aromatic rings. The van der Waals surface area contributed by atoms with Gasteiger partial charge in [-0.25, -0.2) is 0 Å². The molecule has 0 amide bonds. The summed E-state index contributed by atoms with van der Waals surface area (Å²) in [6, 6.07) is 12.1. The van der Waals surface area contributed by atoms with Crippen LogP contribution < -0.4 is 0 Å². The topological polar surface area (TPSA) is 0 Å². The SMILES string of the molecule is FC(F)(F)c1ccc(CSc2cc(Br)[c]c(Br)c2)cc1. The van der Waals surface area contributed by atoms with Gasteiger partial charge < -0.3 is 0 Å². The van der Waals surface area contributed by atoms with Crippen LogP contribution in [0.4, 0.5) is 13.2 Å². The highest BCUT2D eigenvalue weighted by Crippen LogP contribution is 2.31. The number of hydrogen-bond acceptors (Lipinski definition) is 1. The summed E-state index contributed by atoms with van der Waals surface area (Å²) in [4.78, 5) is 1.02. The molecular weight excluding hydrogens is 417 g/mol. The molecule has 20 heavy (non-hydrogen) atoms. The normalized spacial score (nSPS) is 11.7. The van der Waals surface area contributed by atoms with Gasteiger partial charge in [-0.1, -0.05) is 44.0 Å². The summed E-state index contributed by atoms with van der Waals surface area (Å²) in [5, 5.41) is 0. The number of benzene rings is 2. The lowest BCUT2D eigenvalue weighted by Gasteiger charge is -2.08. The Morgan fingerprint density at radius 2 is 1.55 bits per heavy atom. The summed E-state index contributed by atoms with van der Waals surface area (Å²) in [7, 11) is 0. The van der Waals surface area contributed by atoms with E-state index in [9.17, 15) is 13.2 Å². The van der Waals surface area contributed by atoms with Crippen LogP contribution in [0.15, 0.2) is 50.2 Å². The summed E-state index contributed by atoms with van der Waals surface area (Å²) >= 11 is 8.25. The molecule has 0 aliphatic rings. The smallest absolute Gasteiger partial charge is 0.166 e. The van der Waals surface area contributed by atoms with Gasteiger partial charge >= 0.3 is 6.18 Å². The quantitative estimate of drug-likeness (QED) is 0.519. The molecule has 0 heterocycles. The highest BCUT2D eigenvalue weighted by atomic mass is 79.9. The van der Waals surface area contributed by atoms with Crippen LogP contribution >= 0.6 is 43.6 Å². The van der Waals surface area contributed by atoms with Crippen LogP contribution in [0.1, 0.15) is 11.1 Å². The van der Waals surface area contributed by atoms with E-state index in [1.54, 1.807) is 11.8 Å². The Kier molecular flexibility index (Phi) is 5.20. The van der Waals surface area contributed by atoms with Gasteiger partial charge in [0.05, 0.1) is 5.56 Å². The standard InChI is InChI=1S/C14H8Br2F3S/c15-11-5-12(16)7-13(6-11)20-8-9-1-3-10(4-2-9)14(17,18)19/h1-4,6-7H,8H2. The second-order valence-electron chi connectivity index (χ2n) is 4.00. The largest absolute Gasteiger partial charge is 0.416 e. The van der Waals surface area contributed by atoms with E-state index in [4.69, 9.17) is 0 Å². The summed E-state index contributed by atoms with van der Waals surface area (Å²) in [6.07, 6.45) is -4.28. The lowest BCUT2D eigenvalue weighted by atomic mass is 10.1. The fourth-order valence-corrected chi connectivity index (χ4v) is 3.94. The maximum Gasteiger partial charge on any atom is 0.416 e. The molecule has 0 atom stereocenters. The lowest BCUT2D eigenvalue weighted by molar-refractivity contribution is -0.137. The first-order valence-corrected chi connectivity index (χ1v) is 8.09. The van der Waals surface area contributed by atoms with Crippen LogP contribution in [0, 0.1) is 6.07 Å². The zero-order valence-electron chi connectivity index (χ0n) is 9.97.